The summed E-state index contributed by atoms with van der Waals surface area (Å²) in [7, 11) is 0. The quantitative estimate of drug-likeness (QED) is 0.220. The fraction of sp³-hybridized carbons (Fsp3) is 0.0526. The second-order valence-corrected chi connectivity index (χ2v) is 7.95. The molecule has 3 aromatic rings. The maximum absolute atomic E-state index is 12.0. The summed E-state index contributed by atoms with van der Waals surface area (Å²) in [6.07, 6.45) is 0. The van der Waals surface area contributed by atoms with E-state index in [4.69, 9.17) is 11.6 Å². The summed E-state index contributed by atoms with van der Waals surface area (Å²) >= 11 is 10.7. The Morgan fingerprint density at radius 3 is 2.75 bits per heavy atom. The van der Waals surface area contributed by atoms with Gasteiger partial charge in [0.25, 0.3) is 0 Å². The number of halogens is 2. The zero-order valence-corrected chi connectivity index (χ0v) is 17.6. The molecule has 1 heterocycles. The third-order valence-corrected chi connectivity index (χ3v) is 5.29. The minimum absolute atomic E-state index is 0.331. The van der Waals surface area contributed by atoms with Crippen LogP contribution in [-0.4, -0.2) is 17.1 Å². The highest BCUT2D eigenvalue weighted by molar-refractivity contribution is 9.10. The maximum atomic E-state index is 12.0. The van der Waals surface area contributed by atoms with Gasteiger partial charge in [-0.1, -0.05) is 39.7 Å². The molecule has 0 saturated carbocycles. The van der Waals surface area contributed by atoms with Gasteiger partial charge in [-0.25, -0.2) is 9.79 Å². The van der Waals surface area contributed by atoms with Crippen LogP contribution in [0.4, 0.5) is 16.2 Å². The van der Waals surface area contributed by atoms with Crippen LogP contribution in [0, 0.1) is 0 Å². The second kappa shape index (κ2) is 9.70. The number of benzene rings is 2. The fourth-order valence-corrected chi connectivity index (χ4v) is 3.76. The summed E-state index contributed by atoms with van der Waals surface area (Å²) in [5, 5.41) is 17.4. The molecule has 0 fully saturated rings. The Morgan fingerprint density at radius 1 is 1.18 bits per heavy atom. The van der Waals surface area contributed by atoms with Crippen molar-refractivity contribution >= 4 is 62.1 Å². The van der Waals surface area contributed by atoms with E-state index >= 15 is 0 Å². The average molecular weight is 480 g/mol. The molecular formula is C19H16BrClN4O2S. The number of amides is 2. The molecule has 2 aromatic carbocycles. The zero-order chi connectivity index (χ0) is 19.9. The summed E-state index contributed by atoms with van der Waals surface area (Å²) in [5.74, 6) is 0.331. The summed E-state index contributed by atoms with van der Waals surface area (Å²) in [6.45, 7) is 0.332. The number of nitrogens with one attached hydrogen (secondary N) is 3. The number of thiophene rings is 1. The van der Waals surface area contributed by atoms with Crippen molar-refractivity contribution in [2.24, 2.45) is 4.99 Å². The van der Waals surface area contributed by atoms with E-state index in [0.29, 0.717) is 28.8 Å². The van der Waals surface area contributed by atoms with Gasteiger partial charge < -0.3 is 10.6 Å². The van der Waals surface area contributed by atoms with E-state index in [-0.39, 0.29) is 6.03 Å². The molecule has 6 nitrogen and oxygen atoms in total. The predicted molar refractivity (Wildman–Crippen MR) is 117 cm³/mol. The van der Waals surface area contributed by atoms with E-state index in [9.17, 15) is 10.0 Å². The van der Waals surface area contributed by atoms with Crippen molar-refractivity contribution in [2.45, 2.75) is 6.54 Å². The van der Waals surface area contributed by atoms with Crippen LogP contribution in [0.15, 0.2) is 69.4 Å². The molecule has 0 aliphatic carbocycles. The van der Waals surface area contributed by atoms with Gasteiger partial charge in [0.15, 0.2) is 5.84 Å². The molecule has 0 saturated heterocycles. The van der Waals surface area contributed by atoms with Crippen molar-refractivity contribution in [1.29, 1.82) is 0 Å². The van der Waals surface area contributed by atoms with Crippen LogP contribution in [0.5, 0.6) is 0 Å². The number of nitrogens with zero attached hydrogens (tertiary/aromatic N) is 1. The van der Waals surface area contributed by atoms with Gasteiger partial charge in [-0.15, -0.1) is 11.3 Å². The lowest BCUT2D eigenvalue weighted by molar-refractivity contribution is 0.235. The molecular weight excluding hydrogens is 464 g/mol. The van der Waals surface area contributed by atoms with Crippen LogP contribution in [0.3, 0.4) is 0 Å². The smallest absolute Gasteiger partial charge is 0.319 e. The van der Waals surface area contributed by atoms with E-state index in [1.54, 1.807) is 24.3 Å². The van der Waals surface area contributed by atoms with Crippen molar-refractivity contribution in [3.8, 4) is 0 Å². The van der Waals surface area contributed by atoms with Gasteiger partial charge in [0.1, 0.15) is 0 Å². The number of hydrogen-bond donors (Lipinski definition) is 4. The van der Waals surface area contributed by atoms with E-state index in [0.717, 1.165) is 14.9 Å². The highest BCUT2D eigenvalue weighted by Crippen LogP contribution is 2.21. The number of rotatable bonds is 5. The highest BCUT2D eigenvalue weighted by Gasteiger charge is 2.09. The fourth-order valence-electron chi connectivity index (χ4n) is 2.33. The largest absolute Gasteiger partial charge is 0.334 e. The lowest BCUT2D eigenvalue weighted by Gasteiger charge is -2.07. The number of amidine groups is 1. The van der Waals surface area contributed by atoms with Gasteiger partial charge in [-0.2, -0.15) is 0 Å². The van der Waals surface area contributed by atoms with Crippen molar-refractivity contribution in [3.05, 3.63) is 79.9 Å². The number of hydroxylamine groups is 1. The summed E-state index contributed by atoms with van der Waals surface area (Å²) < 4.78 is 0.896. The molecule has 0 bridgehead atoms. The van der Waals surface area contributed by atoms with Crippen LogP contribution in [0.1, 0.15) is 10.4 Å². The van der Waals surface area contributed by atoms with E-state index in [1.807, 2.05) is 35.7 Å². The third-order valence-electron chi connectivity index (χ3n) is 3.58. The lowest BCUT2D eigenvalue weighted by Crippen LogP contribution is -2.28. The van der Waals surface area contributed by atoms with Crippen LogP contribution < -0.4 is 16.1 Å². The third kappa shape index (κ3) is 5.80. The average Bonchev–Trinajstić information content (AvgIpc) is 3.13. The van der Waals surface area contributed by atoms with Gasteiger partial charge in [0.05, 0.1) is 10.6 Å². The first-order valence-corrected chi connectivity index (χ1v) is 10.2. The van der Waals surface area contributed by atoms with Gasteiger partial charge in [0.2, 0.25) is 0 Å². The standard InChI is InChI=1S/C19H16BrClN4O2S/c20-13-3-1-5-15(8-13)23-18(25-27)17-7-12(11-28-17)10-22-19(26)24-16-6-2-4-14(21)9-16/h1-9,11,27H,10H2,(H,23,25)(H2,22,24,26). The Labute approximate surface area is 179 Å². The topological polar surface area (TPSA) is 85.8 Å². The number of hydrogen-bond acceptors (Lipinski definition) is 4. The monoisotopic (exact) mass is 478 g/mol. The lowest BCUT2D eigenvalue weighted by atomic mass is 10.3. The van der Waals surface area contributed by atoms with Gasteiger partial charge in [0, 0.05) is 21.7 Å². The molecule has 0 atom stereocenters. The van der Waals surface area contributed by atoms with Crippen LogP contribution >= 0.6 is 38.9 Å². The summed E-state index contributed by atoms with van der Waals surface area (Å²) in [4.78, 5) is 17.2. The molecule has 0 radical (unpaired) electrons. The van der Waals surface area contributed by atoms with Crippen molar-refractivity contribution in [3.63, 3.8) is 0 Å². The SMILES string of the molecule is O=C(NCc1csc(C(=Nc2cccc(Br)c2)NO)c1)Nc1cccc(Cl)c1. The Hall–Kier alpha value is -2.39. The van der Waals surface area contributed by atoms with Crippen molar-refractivity contribution in [2.75, 3.05) is 5.32 Å². The molecule has 0 aliphatic heterocycles. The Morgan fingerprint density at radius 2 is 2.00 bits per heavy atom. The molecule has 28 heavy (non-hydrogen) atoms. The Bertz CT molecular complexity index is 1010. The minimum atomic E-state index is -0.335. The molecule has 0 unspecified atom stereocenters. The minimum Gasteiger partial charge on any atom is -0.334 e. The number of anilines is 1. The molecule has 4 N–H and O–H groups in total. The van der Waals surface area contributed by atoms with Gasteiger partial charge in [-0.3, -0.25) is 10.7 Å². The van der Waals surface area contributed by atoms with Gasteiger partial charge >= 0.3 is 6.03 Å². The predicted octanol–water partition coefficient (Wildman–Crippen LogP) is 5.54. The molecule has 0 aliphatic rings. The van der Waals surface area contributed by atoms with Gasteiger partial charge in [-0.05, 0) is 53.4 Å². The summed E-state index contributed by atoms with van der Waals surface area (Å²) in [5.41, 5.74) is 4.33. The number of urea groups is 1. The zero-order valence-electron chi connectivity index (χ0n) is 14.4. The first-order valence-electron chi connectivity index (χ1n) is 8.16. The van der Waals surface area contributed by atoms with E-state index in [1.165, 1.54) is 11.3 Å². The molecule has 3 rings (SSSR count). The highest BCUT2D eigenvalue weighted by atomic mass is 79.9. The number of carbonyl (C=O) groups excluding carboxylic acids is 1. The van der Waals surface area contributed by atoms with Crippen LogP contribution in [0.25, 0.3) is 0 Å². The van der Waals surface area contributed by atoms with E-state index < -0.39 is 0 Å². The first kappa shape index (κ1) is 20.3. The maximum Gasteiger partial charge on any atom is 0.319 e. The second-order valence-electron chi connectivity index (χ2n) is 5.69. The molecule has 0 spiro atoms. The van der Waals surface area contributed by atoms with Crippen LogP contribution in [0.2, 0.25) is 5.02 Å². The number of carbonyl (C=O) groups is 1. The normalized spacial score (nSPS) is 11.2. The molecule has 144 valence electrons. The first-order chi connectivity index (χ1) is 13.5. The van der Waals surface area contributed by atoms with Crippen LogP contribution in [-0.2, 0) is 6.54 Å². The van der Waals surface area contributed by atoms with Crippen molar-refractivity contribution in [1.82, 2.24) is 10.8 Å². The molecule has 2 amide bonds. The Kier molecular flexibility index (Phi) is 7.05. The number of aliphatic imine (C=N–C) groups is 1. The molecule has 9 heteroatoms. The molecule has 1 aromatic heterocycles. The Balaban J connectivity index is 1.62. The van der Waals surface area contributed by atoms with E-state index in [2.05, 4.69) is 37.0 Å². The summed E-state index contributed by atoms with van der Waals surface area (Å²) in [6, 6.07) is 15.9. The van der Waals surface area contributed by atoms with Crippen molar-refractivity contribution < 1.29 is 10.0 Å².